The van der Waals surface area contributed by atoms with E-state index in [1.54, 1.807) is 6.92 Å². The first-order valence-electron chi connectivity index (χ1n) is 4.21. The SMILES string of the molecule is CNCCC[C@H](NC)C(C)=O.S=S. The van der Waals surface area contributed by atoms with E-state index in [-0.39, 0.29) is 11.8 Å². The highest BCUT2D eigenvalue weighted by molar-refractivity contribution is 8.07. The van der Waals surface area contributed by atoms with Crippen molar-refractivity contribution in [2.24, 2.45) is 0 Å². The van der Waals surface area contributed by atoms with Crippen LogP contribution in [0.15, 0.2) is 0 Å². The van der Waals surface area contributed by atoms with Crippen LogP contribution in [0.5, 0.6) is 0 Å². The molecule has 0 aromatic heterocycles. The fourth-order valence-corrected chi connectivity index (χ4v) is 1.03. The van der Waals surface area contributed by atoms with Gasteiger partial charge in [0.15, 0.2) is 0 Å². The van der Waals surface area contributed by atoms with E-state index < -0.39 is 0 Å². The van der Waals surface area contributed by atoms with Gasteiger partial charge in [-0.3, -0.25) is 4.79 Å². The molecule has 0 bridgehead atoms. The highest BCUT2D eigenvalue weighted by Crippen LogP contribution is 1.96. The molecule has 0 saturated heterocycles. The van der Waals surface area contributed by atoms with E-state index in [9.17, 15) is 4.79 Å². The Morgan fingerprint density at radius 1 is 1.38 bits per heavy atom. The first kappa shape index (κ1) is 15.5. The van der Waals surface area contributed by atoms with Crippen LogP contribution in [0.1, 0.15) is 19.8 Å². The van der Waals surface area contributed by atoms with E-state index in [1.165, 1.54) is 0 Å². The molecule has 0 saturated carbocycles. The number of hydrogen-bond donors (Lipinski definition) is 2. The summed E-state index contributed by atoms with van der Waals surface area (Å²) in [6.07, 6.45) is 1.97. The first-order valence-corrected chi connectivity index (χ1v) is 5.54. The molecule has 0 spiro atoms. The molecule has 0 aromatic rings. The molecule has 5 heteroatoms. The Kier molecular flexibility index (Phi) is 14.3. The third kappa shape index (κ3) is 9.95. The average Bonchev–Trinajstić information content (AvgIpc) is 2.15. The van der Waals surface area contributed by atoms with Gasteiger partial charge in [-0.15, -0.1) is 0 Å². The lowest BCUT2D eigenvalue weighted by molar-refractivity contribution is -0.119. The molecule has 3 nitrogen and oxygen atoms in total. The summed E-state index contributed by atoms with van der Waals surface area (Å²) < 4.78 is 0. The van der Waals surface area contributed by atoms with Crippen molar-refractivity contribution < 1.29 is 4.79 Å². The van der Waals surface area contributed by atoms with E-state index in [2.05, 4.69) is 33.0 Å². The number of carbonyl (C=O) groups excluding carboxylic acids is 1. The van der Waals surface area contributed by atoms with Crippen molar-refractivity contribution in [1.29, 1.82) is 0 Å². The lowest BCUT2D eigenvalue weighted by atomic mass is 10.1. The van der Waals surface area contributed by atoms with Crippen molar-refractivity contribution in [3.63, 3.8) is 0 Å². The highest BCUT2D eigenvalue weighted by atomic mass is 32.8. The summed E-state index contributed by atoms with van der Waals surface area (Å²) in [5, 5.41) is 6.03. The maximum absolute atomic E-state index is 10.9. The fraction of sp³-hybridized carbons (Fsp3) is 0.875. The minimum absolute atomic E-state index is 0.0448. The van der Waals surface area contributed by atoms with Gasteiger partial charge < -0.3 is 10.6 Å². The van der Waals surface area contributed by atoms with Crippen LogP contribution in [-0.2, 0) is 27.2 Å². The minimum Gasteiger partial charge on any atom is -0.320 e. The highest BCUT2D eigenvalue weighted by Gasteiger charge is 2.09. The quantitative estimate of drug-likeness (QED) is 0.627. The van der Waals surface area contributed by atoms with Crippen molar-refractivity contribution in [2.45, 2.75) is 25.8 Å². The van der Waals surface area contributed by atoms with Crippen molar-refractivity contribution >= 4 is 28.2 Å². The van der Waals surface area contributed by atoms with Gasteiger partial charge in [0.1, 0.15) is 5.78 Å². The van der Waals surface area contributed by atoms with Crippen molar-refractivity contribution in [2.75, 3.05) is 20.6 Å². The number of hydrogen-bond acceptors (Lipinski definition) is 5. The third-order valence-electron chi connectivity index (χ3n) is 1.76. The lowest BCUT2D eigenvalue weighted by Gasteiger charge is -2.11. The predicted octanol–water partition coefficient (Wildman–Crippen LogP) is 0.158. The Hall–Kier alpha value is 0.0300. The number of carbonyl (C=O) groups is 1. The first-order chi connectivity index (χ1) is 6.22. The Bertz CT molecular complexity index is 133. The molecule has 1 atom stereocenters. The van der Waals surface area contributed by atoms with Gasteiger partial charge in [-0.2, -0.15) is 0 Å². The largest absolute Gasteiger partial charge is 0.320 e. The third-order valence-corrected chi connectivity index (χ3v) is 1.76. The molecule has 0 aliphatic rings. The molecule has 0 rings (SSSR count). The van der Waals surface area contributed by atoms with Gasteiger partial charge in [-0.05, 0) is 40.4 Å². The zero-order valence-corrected chi connectivity index (χ0v) is 10.1. The van der Waals surface area contributed by atoms with E-state index in [0.717, 1.165) is 19.4 Å². The van der Waals surface area contributed by atoms with E-state index in [4.69, 9.17) is 0 Å². The van der Waals surface area contributed by atoms with Crippen LogP contribution < -0.4 is 10.6 Å². The Morgan fingerprint density at radius 3 is 2.23 bits per heavy atom. The summed E-state index contributed by atoms with van der Waals surface area (Å²) >= 11 is 7.33. The Labute approximate surface area is 90.3 Å². The summed E-state index contributed by atoms with van der Waals surface area (Å²) in [6, 6.07) is 0.0448. The monoisotopic (exact) mass is 222 g/mol. The summed E-state index contributed by atoms with van der Waals surface area (Å²) in [4.78, 5) is 10.9. The molecule has 2 N–H and O–H groups in total. The number of likely N-dealkylation sites (N-methyl/N-ethyl adjacent to an activating group) is 1. The molecular weight excluding hydrogens is 204 g/mol. The number of ketones is 1. The predicted molar refractivity (Wildman–Crippen MR) is 61.4 cm³/mol. The zero-order valence-electron chi connectivity index (χ0n) is 8.42. The van der Waals surface area contributed by atoms with Gasteiger partial charge in [0.25, 0.3) is 0 Å². The minimum atomic E-state index is 0.0448. The molecule has 0 aromatic carbocycles. The van der Waals surface area contributed by atoms with Crippen LogP contribution in [0.25, 0.3) is 0 Å². The standard InChI is InChI=1S/C8H18N2O.S2/c1-7(11)8(10-3)5-4-6-9-2;1-2/h8-10H,4-6H2,1-3H3;/t8-;/m0./s1. The van der Waals surface area contributed by atoms with Gasteiger partial charge >= 0.3 is 0 Å². The lowest BCUT2D eigenvalue weighted by Crippen LogP contribution is -2.32. The maximum Gasteiger partial charge on any atom is 0.146 e. The number of nitrogens with one attached hydrogen (secondary N) is 2. The van der Waals surface area contributed by atoms with E-state index in [0.29, 0.717) is 0 Å². The topological polar surface area (TPSA) is 41.1 Å². The summed E-state index contributed by atoms with van der Waals surface area (Å²) in [6.45, 7) is 2.60. The van der Waals surface area contributed by atoms with Crippen LogP contribution in [0, 0.1) is 0 Å². The average molecular weight is 222 g/mol. The number of Topliss-reactive ketones (excluding diaryl/α,β-unsaturated/α-hetero) is 1. The Morgan fingerprint density at radius 2 is 1.92 bits per heavy atom. The second-order valence-electron chi connectivity index (χ2n) is 2.70. The van der Waals surface area contributed by atoms with Crippen molar-refractivity contribution in [3.05, 3.63) is 0 Å². The van der Waals surface area contributed by atoms with Crippen LogP contribution in [0.2, 0.25) is 0 Å². The van der Waals surface area contributed by atoms with Gasteiger partial charge in [0.2, 0.25) is 0 Å². The summed E-state index contributed by atoms with van der Waals surface area (Å²) in [5.41, 5.74) is 0. The summed E-state index contributed by atoms with van der Waals surface area (Å²) in [7, 11) is 3.74. The van der Waals surface area contributed by atoms with Gasteiger partial charge in [0, 0.05) is 22.4 Å². The van der Waals surface area contributed by atoms with Crippen LogP contribution >= 0.6 is 0 Å². The molecule has 13 heavy (non-hydrogen) atoms. The second kappa shape index (κ2) is 12.0. The smallest absolute Gasteiger partial charge is 0.146 e. The van der Waals surface area contributed by atoms with Crippen molar-refractivity contribution in [3.8, 4) is 0 Å². The van der Waals surface area contributed by atoms with Gasteiger partial charge in [0.05, 0.1) is 6.04 Å². The molecule has 0 unspecified atom stereocenters. The molecular formula is C8H18N2OS2. The second-order valence-corrected chi connectivity index (χ2v) is 2.70. The number of rotatable bonds is 6. The normalized spacial score (nSPS) is 11.3. The molecule has 0 aliphatic heterocycles. The molecule has 0 radical (unpaired) electrons. The van der Waals surface area contributed by atoms with Crippen LogP contribution in [0.3, 0.4) is 0 Å². The molecule has 0 heterocycles. The molecule has 0 aliphatic carbocycles. The summed E-state index contributed by atoms with van der Waals surface area (Å²) in [5.74, 6) is 0.226. The molecule has 78 valence electrons. The van der Waals surface area contributed by atoms with Crippen LogP contribution in [0.4, 0.5) is 0 Å². The zero-order chi connectivity index (χ0) is 10.7. The van der Waals surface area contributed by atoms with Gasteiger partial charge in [-0.25, -0.2) is 0 Å². The van der Waals surface area contributed by atoms with E-state index >= 15 is 0 Å². The fourth-order valence-electron chi connectivity index (χ4n) is 1.03. The molecule has 0 fully saturated rings. The molecule has 0 amide bonds. The van der Waals surface area contributed by atoms with Gasteiger partial charge in [-0.1, -0.05) is 0 Å². The Balaban J connectivity index is 0. The van der Waals surface area contributed by atoms with Crippen LogP contribution in [-0.4, -0.2) is 32.5 Å². The van der Waals surface area contributed by atoms with Crippen molar-refractivity contribution in [1.82, 2.24) is 10.6 Å². The maximum atomic E-state index is 10.9. The van der Waals surface area contributed by atoms with E-state index in [1.807, 2.05) is 14.1 Å².